The van der Waals surface area contributed by atoms with Gasteiger partial charge in [-0.2, -0.15) is 0 Å². The Labute approximate surface area is 140 Å². The molecule has 0 spiro atoms. The highest BCUT2D eigenvalue weighted by atomic mass is 32.2. The van der Waals surface area contributed by atoms with Crippen LogP contribution in [0.4, 0.5) is 0 Å². The quantitative estimate of drug-likeness (QED) is 0.869. The van der Waals surface area contributed by atoms with Gasteiger partial charge in [-0.05, 0) is 30.7 Å². The molecule has 128 valence electrons. The largest absolute Gasteiger partial charge is 0.307 e. The summed E-state index contributed by atoms with van der Waals surface area (Å²) in [5.41, 5.74) is 1.37. The predicted octanol–water partition coefficient (Wildman–Crippen LogP) is 2.93. The summed E-state index contributed by atoms with van der Waals surface area (Å²) in [4.78, 5) is 0. The van der Waals surface area contributed by atoms with E-state index in [0.717, 1.165) is 18.8 Å². The number of nitrogens with one attached hydrogen (secondary N) is 1. The molecule has 23 heavy (non-hydrogen) atoms. The van der Waals surface area contributed by atoms with E-state index in [4.69, 9.17) is 0 Å². The van der Waals surface area contributed by atoms with Crippen molar-refractivity contribution in [1.82, 2.24) is 9.62 Å². The summed E-state index contributed by atoms with van der Waals surface area (Å²) in [5, 5.41) is 3.82. The van der Waals surface area contributed by atoms with Gasteiger partial charge < -0.3 is 5.32 Å². The molecular formula is C18H28N2O2S. The normalized spacial score (nSPS) is 22.7. The van der Waals surface area contributed by atoms with E-state index in [1.807, 2.05) is 0 Å². The van der Waals surface area contributed by atoms with Crippen LogP contribution in [-0.2, 0) is 10.0 Å². The van der Waals surface area contributed by atoms with Gasteiger partial charge in [-0.1, -0.05) is 49.6 Å². The maximum absolute atomic E-state index is 11.6. The maximum Gasteiger partial charge on any atom is 0.211 e. The highest BCUT2D eigenvalue weighted by molar-refractivity contribution is 7.88. The van der Waals surface area contributed by atoms with E-state index >= 15 is 0 Å². The number of rotatable bonds is 6. The molecule has 1 aliphatic heterocycles. The molecule has 1 saturated carbocycles. The SMILES string of the molecule is CS(=O)(=O)N1CCC(N[C@@H](CC2CCC2)c2ccccc2)CC1. The number of benzene rings is 1. The van der Waals surface area contributed by atoms with Gasteiger partial charge in [0.15, 0.2) is 0 Å². The van der Waals surface area contributed by atoms with Crippen molar-refractivity contribution in [3.8, 4) is 0 Å². The van der Waals surface area contributed by atoms with Gasteiger partial charge in [-0.25, -0.2) is 12.7 Å². The predicted molar refractivity (Wildman–Crippen MR) is 93.7 cm³/mol. The van der Waals surface area contributed by atoms with Crippen LogP contribution in [0.15, 0.2) is 30.3 Å². The third-order valence-corrected chi connectivity index (χ3v) is 6.66. The van der Waals surface area contributed by atoms with E-state index in [-0.39, 0.29) is 0 Å². The molecule has 4 nitrogen and oxygen atoms in total. The van der Waals surface area contributed by atoms with E-state index in [0.29, 0.717) is 25.2 Å². The third kappa shape index (κ3) is 4.55. The second kappa shape index (κ2) is 7.32. The number of nitrogens with zero attached hydrogens (tertiary/aromatic N) is 1. The van der Waals surface area contributed by atoms with Crippen molar-refractivity contribution in [2.75, 3.05) is 19.3 Å². The van der Waals surface area contributed by atoms with Crippen molar-refractivity contribution in [3.63, 3.8) is 0 Å². The van der Waals surface area contributed by atoms with Gasteiger partial charge in [0, 0.05) is 25.2 Å². The Hall–Kier alpha value is -0.910. The molecular weight excluding hydrogens is 308 g/mol. The van der Waals surface area contributed by atoms with Crippen molar-refractivity contribution in [3.05, 3.63) is 35.9 Å². The van der Waals surface area contributed by atoms with Crippen molar-refractivity contribution in [2.45, 2.75) is 50.6 Å². The molecule has 0 amide bonds. The fraction of sp³-hybridized carbons (Fsp3) is 0.667. The Kier molecular flexibility index (Phi) is 5.39. The van der Waals surface area contributed by atoms with Gasteiger partial charge in [0.25, 0.3) is 0 Å². The zero-order chi connectivity index (χ0) is 16.3. The van der Waals surface area contributed by atoms with Crippen LogP contribution in [0.1, 0.15) is 50.1 Å². The molecule has 2 aliphatic rings. The minimum atomic E-state index is -3.04. The van der Waals surface area contributed by atoms with Crippen LogP contribution in [0.3, 0.4) is 0 Å². The lowest BCUT2D eigenvalue weighted by atomic mass is 9.79. The monoisotopic (exact) mass is 336 g/mol. The van der Waals surface area contributed by atoms with Crippen molar-refractivity contribution < 1.29 is 8.42 Å². The van der Waals surface area contributed by atoms with Gasteiger partial charge >= 0.3 is 0 Å². The zero-order valence-electron chi connectivity index (χ0n) is 13.9. The fourth-order valence-electron chi connectivity index (χ4n) is 3.69. The molecule has 1 N–H and O–H groups in total. The van der Waals surface area contributed by atoms with Crippen molar-refractivity contribution in [1.29, 1.82) is 0 Å². The summed E-state index contributed by atoms with van der Waals surface area (Å²) >= 11 is 0. The highest BCUT2D eigenvalue weighted by Gasteiger charge is 2.28. The van der Waals surface area contributed by atoms with Gasteiger partial charge in [0.05, 0.1) is 6.26 Å². The summed E-state index contributed by atoms with van der Waals surface area (Å²) in [5.74, 6) is 0.851. The highest BCUT2D eigenvalue weighted by Crippen LogP contribution is 2.35. The summed E-state index contributed by atoms with van der Waals surface area (Å²) in [6, 6.07) is 11.5. The second-order valence-corrected chi connectivity index (χ2v) is 9.08. The second-order valence-electron chi connectivity index (χ2n) is 7.10. The Bertz CT molecular complexity index is 591. The maximum atomic E-state index is 11.6. The molecule has 5 heteroatoms. The summed E-state index contributed by atoms with van der Waals surface area (Å²) in [6.45, 7) is 1.28. The van der Waals surface area contributed by atoms with Crippen LogP contribution in [0.2, 0.25) is 0 Å². The van der Waals surface area contributed by atoms with Crippen LogP contribution < -0.4 is 5.32 Å². The smallest absolute Gasteiger partial charge is 0.211 e. The number of sulfonamides is 1. The Morgan fingerprint density at radius 2 is 1.78 bits per heavy atom. The Balaban J connectivity index is 1.60. The van der Waals surface area contributed by atoms with Crippen LogP contribution in [-0.4, -0.2) is 38.1 Å². The molecule has 0 radical (unpaired) electrons. The van der Waals surface area contributed by atoms with Crippen LogP contribution >= 0.6 is 0 Å². The molecule has 3 rings (SSSR count). The zero-order valence-corrected chi connectivity index (χ0v) is 14.8. The average Bonchev–Trinajstić information content (AvgIpc) is 2.50. The first kappa shape index (κ1) is 16.9. The van der Waals surface area contributed by atoms with E-state index in [9.17, 15) is 8.42 Å². The molecule has 1 heterocycles. The number of piperidine rings is 1. The molecule has 0 aromatic heterocycles. The Morgan fingerprint density at radius 3 is 2.30 bits per heavy atom. The number of hydrogen-bond donors (Lipinski definition) is 1. The molecule has 0 unspecified atom stereocenters. The van der Waals surface area contributed by atoms with E-state index in [2.05, 4.69) is 35.6 Å². The van der Waals surface area contributed by atoms with Crippen LogP contribution in [0.5, 0.6) is 0 Å². The minimum Gasteiger partial charge on any atom is -0.307 e. The Morgan fingerprint density at radius 1 is 1.13 bits per heavy atom. The molecule has 0 bridgehead atoms. The molecule has 1 aliphatic carbocycles. The molecule has 1 aromatic rings. The van der Waals surface area contributed by atoms with Crippen molar-refractivity contribution >= 4 is 10.0 Å². The molecule has 1 aromatic carbocycles. The summed E-state index contributed by atoms with van der Waals surface area (Å²) in [7, 11) is -3.04. The lowest BCUT2D eigenvalue weighted by molar-refractivity contribution is 0.226. The third-order valence-electron chi connectivity index (χ3n) is 5.36. The number of hydrogen-bond acceptors (Lipinski definition) is 3. The van der Waals surface area contributed by atoms with Gasteiger partial charge in [-0.3, -0.25) is 0 Å². The summed E-state index contributed by atoms with van der Waals surface area (Å²) < 4.78 is 24.9. The standard InChI is InChI=1S/C18H28N2O2S/c1-23(21,22)20-12-10-17(11-13-20)19-18(14-15-6-5-7-15)16-8-3-2-4-9-16/h2-4,8-9,15,17-19H,5-7,10-14H2,1H3/t18-/m0/s1. The first-order valence-electron chi connectivity index (χ1n) is 8.78. The lowest BCUT2D eigenvalue weighted by Gasteiger charge is -2.36. The first-order valence-corrected chi connectivity index (χ1v) is 10.6. The van der Waals surface area contributed by atoms with Crippen LogP contribution in [0, 0.1) is 5.92 Å². The molecule has 1 saturated heterocycles. The van der Waals surface area contributed by atoms with Gasteiger partial charge in [0.1, 0.15) is 0 Å². The van der Waals surface area contributed by atoms with E-state index < -0.39 is 10.0 Å². The van der Waals surface area contributed by atoms with Gasteiger partial charge in [0.2, 0.25) is 10.0 Å². The molecule has 1 atom stereocenters. The van der Waals surface area contributed by atoms with Gasteiger partial charge in [-0.15, -0.1) is 0 Å². The topological polar surface area (TPSA) is 49.4 Å². The summed E-state index contributed by atoms with van der Waals surface area (Å²) in [6.07, 6.45) is 8.41. The molecule has 2 fully saturated rings. The van der Waals surface area contributed by atoms with Crippen LogP contribution in [0.25, 0.3) is 0 Å². The average molecular weight is 337 g/mol. The fourth-order valence-corrected chi connectivity index (χ4v) is 4.56. The lowest BCUT2D eigenvalue weighted by Crippen LogP contribution is -2.45. The van der Waals surface area contributed by atoms with Crippen molar-refractivity contribution in [2.24, 2.45) is 5.92 Å². The first-order chi connectivity index (χ1) is 11.0. The van der Waals surface area contributed by atoms with E-state index in [1.54, 1.807) is 4.31 Å². The minimum absolute atomic E-state index is 0.399. The van der Waals surface area contributed by atoms with E-state index in [1.165, 1.54) is 37.5 Å².